The van der Waals surface area contributed by atoms with E-state index in [1.165, 1.54) is 17.4 Å². The summed E-state index contributed by atoms with van der Waals surface area (Å²) in [6.45, 7) is 1.91. The Hall–Kier alpha value is -3.16. The first-order valence-corrected chi connectivity index (χ1v) is 15.4. The summed E-state index contributed by atoms with van der Waals surface area (Å²) in [5.41, 5.74) is 4.11. The highest BCUT2D eigenvalue weighted by atomic mass is 32.2. The maximum absolute atomic E-state index is 13.5. The van der Waals surface area contributed by atoms with E-state index in [2.05, 4.69) is 41.0 Å². The Morgan fingerprint density at radius 3 is 2.18 bits per heavy atom. The van der Waals surface area contributed by atoms with Gasteiger partial charge in [0.1, 0.15) is 0 Å². The van der Waals surface area contributed by atoms with Gasteiger partial charge >= 0.3 is 0 Å². The number of para-hydroxylation sites is 1. The summed E-state index contributed by atoms with van der Waals surface area (Å²) in [6, 6.07) is 28.4. The number of rotatable bonds is 9. The predicted octanol–water partition coefficient (Wildman–Crippen LogP) is 4.41. The number of hydrogen-bond acceptors (Lipinski definition) is 4. The molecule has 5 rings (SSSR count). The van der Waals surface area contributed by atoms with Gasteiger partial charge in [0, 0.05) is 37.0 Å². The number of sulfonamides is 1. The standard InChI is InChI=1S/C31H37N3O3S/c1-38(36,37)34-23-31(28-14-8-9-15-29(28)34)18-16-26(17-19-31)30(35)33-27(20-24-10-4-2-5-11-24)22-32-21-25-12-6-3-7-13-25/h2-15,26-27,32H,16-23H2,1H3,(H,33,35). The van der Waals surface area contributed by atoms with Crippen LogP contribution in [0.3, 0.4) is 0 Å². The minimum atomic E-state index is -3.35. The first-order chi connectivity index (χ1) is 18.3. The van der Waals surface area contributed by atoms with Crippen LogP contribution >= 0.6 is 0 Å². The zero-order valence-electron chi connectivity index (χ0n) is 22.0. The molecule has 1 fully saturated rings. The minimum Gasteiger partial charge on any atom is -0.352 e. The number of fused-ring (bicyclic) bond motifs is 2. The third-order valence-corrected chi connectivity index (χ3v) is 9.26. The molecule has 1 heterocycles. The monoisotopic (exact) mass is 531 g/mol. The van der Waals surface area contributed by atoms with Crippen LogP contribution in [-0.4, -0.2) is 39.7 Å². The first kappa shape index (κ1) is 26.4. The normalized spacial score (nSPS) is 21.7. The molecule has 0 aromatic heterocycles. The predicted molar refractivity (Wildman–Crippen MR) is 152 cm³/mol. The average molecular weight is 532 g/mol. The van der Waals surface area contributed by atoms with Gasteiger partial charge in [-0.05, 0) is 54.9 Å². The maximum Gasteiger partial charge on any atom is 0.232 e. The summed E-state index contributed by atoms with van der Waals surface area (Å²) < 4.78 is 26.6. The van der Waals surface area contributed by atoms with Crippen molar-refractivity contribution in [2.75, 3.05) is 23.7 Å². The molecule has 0 saturated heterocycles. The fourth-order valence-corrected chi connectivity index (χ4v) is 7.12. The highest BCUT2D eigenvalue weighted by Gasteiger charge is 2.47. The zero-order chi connectivity index (χ0) is 26.6. The number of anilines is 1. The molecule has 1 atom stereocenters. The molecular weight excluding hydrogens is 494 g/mol. The SMILES string of the molecule is CS(=O)(=O)N1CC2(CCC(C(=O)NC(CNCc3ccccc3)Cc3ccccc3)CC2)c2ccccc21. The molecule has 2 N–H and O–H groups in total. The van der Waals surface area contributed by atoms with Crippen LogP contribution in [0.25, 0.3) is 0 Å². The van der Waals surface area contributed by atoms with Crippen molar-refractivity contribution in [2.24, 2.45) is 5.92 Å². The second kappa shape index (κ2) is 11.3. The van der Waals surface area contributed by atoms with Gasteiger partial charge in [-0.1, -0.05) is 78.9 Å². The number of carbonyl (C=O) groups is 1. The second-order valence-electron chi connectivity index (χ2n) is 10.9. The van der Waals surface area contributed by atoms with Crippen molar-refractivity contribution < 1.29 is 13.2 Å². The van der Waals surface area contributed by atoms with Crippen LogP contribution in [-0.2, 0) is 33.2 Å². The van der Waals surface area contributed by atoms with Crippen LogP contribution < -0.4 is 14.9 Å². The third kappa shape index (κ3) is 5.94. The van der Waals surface area contributed by atoms with Gasteiger partial charge in [0.2, 0.25) is 15.9 Å². The van der Waals surface area contributed by atoms with Crippen molar-refractivity contribution in [1.29, 1.82) is 0 Å². The Bertz CT molecular complexity index is 1340. The molecule has 200 valence electrons. The molecule has 1 spiro atoms. The van der Waals surface area contributed by atoms with Gasteiger partial charge in [-0.2, -0.15) is 0 Å². The fourth-order valence-electron chi connectivity index (χ4n) is 6.12. The number of benzene rings is 3. The lowest BCUT2D eigenvalue weighted by Crippen LogP contribution is -2.47. The van der Waals surface area contributed by atoms with Crippen molar-refractivity contribution in [3.05, 3.63) is 102 Å². The van der Waals surface area contributed by atoms with Crippen LogP contribution in [0, 0.1) is 5.92 Å². The number of carbonyl (C=O) groups excluding carboxylic acids is 1. The Labute approximate surface area is 226 Å². The van der Waals surface area contributed by atoms with Crippen molar-refractivity contribution in [2.45, 2.75) is 50.1 Å². The first-order valence-electron chi connectivity index (χ1n) is 13.5. The number of amides is 1. The van der Waals surface area contributed by atoms with E-state index in [-0.39, 0.29) is 23.3 Å². The molecule has 1 aliphatic carbocycles. The minimum absolute atomic E-state index is 0.0163. The lowest BCUT2D eigenvalue weighted by Gasteiger charge is -2.37. The van der Waals surface area contributed by atoms with Crippen LogP contribution in [0.15, 0.2) is 84.9 Å². The molecule has 3 aromatic carbocycles. The Kier molecular flexibility index (Phi) is 7.86. The highest BCUT2D eigenvalue weighted by molar-refractivity contribution is 7.92. The van der Waals surface area contributed by atoms with Gasteiger partial charge in [-0.15, -0.1) is 0 Å². The molecule has 0 radical (unpaired) electrons. The van der Waals surface area contributed by atoms with Gasteiger partial charge in [0.15, 0.2) is 0 Å². The van der Waals surface area contributed by atoms with E-state index >= 15 is 0 Å². The van der Waals surface area contributed by atoms with E-state index in [4.69, 9.17) is 0 Å². The molecule has 1 amide bonds. The molecule has 2 aliphatic rings. The Morgan fingerprint density at radius 1 is 0.921 bits per heavy atom. The van der Waals surface area contributed by atoms with Gasteiger partial charge in [0.05, 0.1) is 11.9 Å². The molecule has 1 unspecified atom stereocenters. The lowest BCUT2D eigenvalue weighted by atomic mass is 9.67. The van der Waals surface area contributed by atoms with E-state index in [0.717, 1.165) is 49.9 Å². The van der Waals surface area contributed by atoms with E-state index in [1.54, 1.807) is 4.31 Å². The second-order valence-corrected chi connectivity index (χ2v) is 12.8. The van der Waals surface area contributed by atoms with E-state index in [1.807, 2.05) is 54.6 Å². The molecule has 6 nitrogen and oxygen atoms in total. The average Bonchev–Trinajstić information content (AvgIpc) is 3.25. The fraction of sp³-hybridized carbons (Fsp3) is 0.387. The largest absolute Gasteiger partial charge is 0.352 e. The summed E-state index contributed by atoms with van der Waals surface area (Å²) in [5, 5.41) is 6.87. The van der Waals surface area contributed by atoms with E-state index < -0.39 is 10.0 Å². The highest BCUT2D eigenvalue weighted by Crippen LogP contribution is 2.50. The number of nitrogens with zero attached hydrogens (tertiary/aromatic N) is 1. The van der Waals surface area contributed by atoms with Crippen LogP contribution in [0.2, 0.25) is 0 Å². The smallest absolute Gasteiger partial charge is 0.232 e. The molecule has 1 saturated carbocycles. The van der Waals surface area contributed by atoms with Crippen LogP contribution in [0.4, 0.5) is 5.69 Å². The molecule has 0 bridgehead atoms. The molecule has 3 aromatic rings. The number of hydrogen-bond donors (Lipinski definition) is 2. The van der Waals surface area contributed by atoms with Gasteiger partial charge in [-0.3, -0.25) is 9.10 Å². The summed E-state index contributed by atoms with van der Waals surface area (Å²) in [6.07, 6.45) is 5.18. The maximum atomic E-state index is 13.5. The molecule has 1 aliphatic heterocycles. The van der Waals surface area contributed by atoms with Gasteiger partial charge in [-0.25, -0.2) is 8.42 Å². The number of nitrogens with one attached hydrogen (secondary N) is 2. The quantitative estimate of drug-likeness (QED) is 0.429. The van der Waals surface area contributed by atoms with Crippen molar-refractivity contribution in [1.82, 2.24) is 10.6 Å². The summed E-state index contributed by atoms with van der Waals surface area (Å²) in [5.74, 6) is 0.0426. The molecule has 7 heteroatoms. The summed E-state index contributed by atoms with van der Waals surface area (Å²) in [7, 11) is -3.35. The Morgan fingerprint density at radius 2 is 1.53 bits per heavy atom. The van der Waals surface area contributed by atoms with Crippen molar-refractivity contribution in [3.8, 4) is 0 Å². The Balaban J connectivity index is 1.23. The summed E-state index contributed by atoms with van der Waals surface area (Å²) in [4.78, 5) is 13.5. The van der Waals surface area contributed by atoms with Gasteiger partial charge in [0.25, 0.3) is 0 Å². The van der Waals surface area contributed by atoms with Crippen molar-refractivity contribution in [3.63, 3.8) is 0 Å². The molecule has 38 heavy (non-hydrogen) atoms. The summed E-state index contributed by atoms with van der Waals surface area (Å²) >= 11 is 0. The topological polar surface area (TPSA) is 78.5 Å². The van der Waals surface area contributed by atoms with E-state index in [9.17, 15) is 13.2 Å². The third-order valence-electron chi connectivity index (χ3n) is 8.14. The van der Waals surface area contributed by atoms with Crippen LogP contribution in [0.1, 0.15) is 42.4 Å². The molecular formula is C31H37N3O3S. The van der Waals surface area contributed by atoms with E-state index in [0.29, 0.717) is 13.1 Å². The van der Waals surface area contributed by atoms with Crippen molar-refractivity contribution >= 4 is 21.6 Å². The van der Waals surface area contributed by atoms with Gasteiger partial charge < -0.3 is 10.6 Å². The van der Waals surface area contributed by atoms with Crippen LogP contribution in [0.5, 0.6) is 0 Å². The zero-order valence-corrected chi connectivity index (χ0v) is 22.8. The lowest BCUT2D eigenvalue weighted by molar-refractivity contribution is -0.127.